The predicted molar refractivity (Wildman–Crippen MR) is 101 cm³/mol. The van der Waals surface area contributed by atoms with Crippen molar-refractivity contribution in [3.63, 3.8) is 0 Å². The number of hydrazone groups is 1. The molecule has 0 aromatic heterocycles. The summed E-state index contributed by atoms with van der Waals surface area (Å²) in [5.74, 6) is 0.585. The summed E-state index contributed by atoms with van der Waals surface area (Å²) >= 11 is 5.85. The maximum Gasteiger partial charge on any atom is 0.281 e. The fourth-order valence-electron chi connectivity index (χ4n) is 2.20. The summed E-state index contributed by atoms with van der Waals surface area (Å²) in [7, 11) is 1.46. The van der Waals surface area contributed by atoms with E-state index in [1.54, 1.807) is 36.4 Å². The van der Waals surface area contributed by atoms with Crippen molar-refractivity contribution in [3.8, 4) is 17.2 Å². The van der Waals surface area contributed by atoms with Crippen LogP contribution in [0.15, 0.2) is 47.6 Å². The Morgan fingerprint density at radius 3 is 2.69 bits per heavy atom. The lowest BCUT2D eigenvalue weighted by Crippen LogP contribution is -2.35. The molecular weight excluding hydrogens is 356 g/mol. The minimum Gasteiger partial charge on any atom is -0.504 e. The summed E-state index contributed by atoms with van der Waals surface area (Å²) in [5, 5.41) is 14.1. The molecule has 2 rings (SSSR count). The smallest absolute Gasteiger partial charge is 0.281 e. The van der Waals surface area contributed by atoms with E-state index in [9.17, 15) is 9.90 Å². The zero-order valence-corrected chi connectivity index (χ0v) is 15.4. The lowest BCUT2D eigenvalue weighted by molar-refractivity contribution is -0.128. The largest absolute Gasteiger partial charge is 0.504 e. The zero-order valence-electron chi connectivity index (χ0n) is 14.6. The first kappa shape index (κ1) is 19.6. The van der Waals surface area contributed by atoms with E-state index in [1.807, 2.05) is 6.92 Å². The fraction of sp³-hybridized carbons (Fsp3) is 0.263. The van der Waals surface area contributed by atoms with Gasteiger partial charge in [0.15, 0.2) is 17.6 Å². The number of amides is 1. The Balaban J connectivity index is 1.99. The summed E-state index contributed by atoms with van der Waals surface area (Å²) in [4.78, 5) is 12.3. The molecule has 0 aliphatic rings. The van der Waals surface area contributed by atoms with E-state index in [4.69, 9.17) is 21.1 Å². The van der Waals surface area contributed by atoms with Gasteiger partial charge in [-0.3, -0.25) is 4.79 Å². The molecule has 138 valence electrons. The average molecular weight is 377 g/mol. The second kappa shape index (κ2) is 9.68. The van der Waals surface area contributed by atoms with Crippen molar-refractivity contribution in [1.29, 1.82) is 0 Å². The lowest BCUT2D eigenvalue weighted by Gasteiger charge is -2.16. The van der Waals surface area contributed by atoms with Gasteiger partial charge in [0.25, 0.3) is 5.91 Å². The van der Waals surface area contributed by atoms with Crippen LogP contribution in [-0.2, 0) is 4.79 Å². The Kier molecular flexibility index (Phi) is 7.29. The van der Waals surface area contributed by atoms with E-state index < -0.39 is 6.10 Å². The molecule has 1 amide bonds. The van der Waals surface area contributed by atoms with Crippen LogP contribution in [0.25, 0.3) is 0 Å². The molecule has 1 unspecified atom stereocenters. The molecule has 2 aromatic carbocycles. The maximum atomic E-state index is 12.3. The van der Waals surface area contributed by atoms with Crippen LogP contribution in [0.5, 0.6) is 17.2 Å². The van der Waals surface area contributed by atoms with Crippen LogP contribution in [0.3, 0.4) is 0 Å². The highest BCUT2D eigenvalue weighted by atomic mass is 35.5. The number of phenols is 1. The highest BCUT2D eigenvalue weighted by molar-refractivity contribution is 6.30. The van der Waals surface area contributed by atoms with Gasteiger partial charge in [0.1, 0.15) is 5.75 Å². The Morgan fingerprint density at radius 1 is 1.31 bits per heavy atom. The number of ether oxygens (including phenoxy) is 2. The maximum absolute atomic E-state index is 12.3. The molecule has 26 heavy (non-hydrogen) atoms. The summed E-state index contributed by atoms with van der Waals surface area (Å²) in [6.07, 6.45) is 2.14. The van der Waals surface area contributed by atoms with Crippen molar-refractivity contribution >= 4 is 23.7 Å². The molecular formula is C19H21ClN2O4. The minimum absolute atomic E-state index is 0.0352. The summed E-state index contributed by atoms with van der Waals surface area (Å²) < 4.78 is 10.8. The van der Waals surface area contributed by atoms with E-state index in [0.717, 1.165) is 6.42 Å². The van der Waals surface area contributed by atoms with Gasteiger partial charge < -0.3 is 14.6 Å². The third kappa shape index (κ3) is 5.67. The average Bonchev–Trinajstić information content (AvgIpc) is 2.64. The molecule has 1 atom stereocenters. The molecule has 7 heteroatoms. The molecule has 0 spiro atoms. The highest BCUT2D eigenvalue weighted by Crippen LogP contribution is 2.25. The monoisotopic (exact) mass is 376 g/mol. The van der Waals surface area contributed by atoms with Gasteiger partial charge in [0.05, 0.1) is 13.3 Å². The second-order valence-corrected chi connectivity index (χ2v) is 5.95. The number of nitrogens with zero attached hydrogens (tertiary/aromatic N) is 1. The van der Waals surface area contributed by atoms with Crippen LogP contribution in [0.1, 0.15) is 25.3 Å². The number of nitrogens with one attached hydrogen (secondary N) is 1. The van der Waals surface area contributed by atoms with Gasteiger partial charge in [-0.2, -0.15) is 5.10 Å². The Bertz CT molecular complexity index is 763. The number of hydrogen-bond acceptors (Lipinski definition) is 5. The molecule has 0 saturated heterocycles. The molecule has 6 nitrogen and oxygen atoms in total. The molecule has 0 radical (unpaired) electrons. The quantitative estimate of drug-likeness (QED) is 0.543. The molecule has 0 saturated carbocycles. The van der Waals surface area contributed by atoms with Gasteiger partial charge in [-0.25, -0.2) is 5.43 Å². The summed E-state index contributed by atoms with van der Waals surface area (Å²) in [6, 6.07) is 11.6. The number of carbonyl (C=O) groups excluding carboxylic acids is 1. The van der Waals surface area contributed by atoms with E-state index in [-0.39, 0.29) is 11.7 Å². The molecule has 0 heterocycles. The third-order valence-corrected chi connectivity index (χ3v) is 3.78. The number of carbonyl (C=O) groups is 1. The van der Waals surface area contributed by atoms with Crippen LogP contribution >= 0.6 is 11.6 Å². The van der Waals surface area contributed by atoms with Crippen LogP contribution in [0.2, 0.25) is 5.02 Å². The van der Waals surface area contributed by atoms with Gasteiger partial charge in [0, 0.05) is 5.02 Å². The second-order valence-electron chi connectivity index (χ2n) is 5.51. The number of phenolic OH excluding ortho intramolecular Hbond substituents is 1. The molecule has 0 fully saturated rings. The third-order valence-electron chi connectivity index (χ3n) is 3.53. The SMILES string of the molecule is CCCC(Oc1ccc(Cl)cc1)C(=O)N/N=C/c1ccc(O)c(OC)c1. The first-order valence-corrected chi connectivity index (χ1v) is 8.53. The Hall–Kier alpha value is -2.73. The molecule has 2 N–H and O–H groups in total. The van der Waals surface area contributed by atoms with Crippen LogP contribution < -0.4 is 14.9 Å². The number of methoxy groups -OCH3 is 1. The Labute approximate surface area is 157 Å². The minimum atomic E-state index is -0.660. The molecule has 0 aliphatic carbocycles. The van der Waals surface area contributed by atoms with Gasteiger partial charge >= 0.3 is 0 Å². The van der Waals surface area contributed by atoms with Crippen LogP contribution in [0.4, 0.5) is 0 Å². The first-order valence-electron chi connectivity index (χ1n) is 8.15. The van der Waals surface area contributed by atoms with Crippen molar-refractivity contribution in [1.82, 2.24) is 5.43 Å². The number of benzene rings is 2. The van der Waals surface area contributed by atoms with Gasteiger partial charge in [-0.05, 0) is 54.4 Å². The van der Waals surface area contributed by atoms with Crippen LogP contribution in [-0.4, -0.2) is 30.4 Å². The number of aromatic hydroxyl groups is 1. The zero-order chi connectivity index (χ0) is 18.9. The number of halogens is 1. The molecule has 2 aromatic rings. The van der Waals surface area contributed by atoms with E-state index in [1.165, 1.54) is 19.4 Å². The van der Waals surface area contributed by atoms with Crippen LogP contribution in [0, 0.1) is 0 Å². The normalized spacial score (nSPS) is 12.0. The first-order chi connectivity index (χ1) is 12.5. The van der Waals surface area contributed by atoms with Gasteiger partial charge in [-0.15, -0.1) is 0 Å². The predicted octanol–water partition coefficient (Wildman–Crippen LogP) is 3.75. The van der Waals surface area contributed by atoms with E-state index in [0.29, 0.717) is 28.5 Å². The van der Waals surface area contributed by atoms with Crippen molar-refractivity contribution in [2.24, 2.45) is 5.10 Å². The van der Waals surface area contributed by atoms with E-state index in [2.05, 4.69) is 10.5 Å². The lowest BCUT2D eigenvalue weighted by atomic mass is 10.2. The standard InChI is InChI=1S/C19H21ClN2O4/c1-3-4-17(26-15-8-6-14(20)7-9-15)19(24)22-21-12-13-5-10-16(23)18(11-13)25-2/h5-12,17,23H,3-4H2,1-2H3,(H,22,24)/b21-12+. The van der Waals surface area contributed by atoms with Crippen molar-refractivity contribution < 1.29 is 19.4 Å². The van der Waals surface area contributed by atoms with Gasteiger partial charge in [-0.1, -0.05) is 24.9 Å². The van der Waals surface area contributed by atoms with E-state index >= 15 is 0 Å². The summed E-state index contributed by atoms with van der Waals surface area (Å²) in [5.41, 5.74) is 3.15. The van der Waals surface area contributed by atoms with Gasteiger partial charge in [0.2, 0.25) is 0 Å². The topological polar surface area (TPSA) is 80.2 Å². The van der Waals surface area contributed by atoms with Crippen molar-refractivity contribution in [3.05, 3.63) is 53.1 Å². The fourth-order valence-corrected chi connectivity index (χ4v) is 2.33. The molecule has 0 bridgehead atoms. The van der Waals surface area contributed by atoms with Crippen molar-refractivity contribution in [2.45, 2.75) is 25.9 Å². The Morgan fingerprint density at radius 2 is 2.04 bits per heavy atom. The summed E-state index contributed by atoms with van der Waals surface area (Å²) in [6.45, 7) is 1.97. The van der Waals surface area contributed by atoms with Crippen molar-refractivity contribution in [2.75, 3.05) is 7.11 Å². The highest BCUT2D eigenvalue weighted by Gasteiger charge is 2.19. The molecule has 0 aliphatic heterocycles. The number of hydrogen-bond donors (Lipinski definition) is 2. The number of rotatable bonds is 8.